The number of hydrogen-bond donors (Lipinski definition) is 2. The van der Waals surface area contributed by atoms with Gasteiger partial charge in [-0.3, -0.25) is 14.8 Å². The normalized spacial score (nSPS) is 17.2. The molecule has 2 N–H and O–H groups in total. The summed E-state index contributed by atoms with van der Waals surface area (Å²) >= 11 is 6.82. The van der Waals surface area contributed by atoms with Gasteiger partial charge in [-0.1, -0.05) is 24.2 Å². The molecule has 1 amide bonds. The molecule has 41 heavy (non-hydrogen) atoms. The van der Waals surface area contributed by atoms with Crippen LogP contribution >= 0.6 is 11.6 Å². The highest BCUT2D eigenvalue weighted by Crippen LogP contribution is 2.42. The summed E-state index contributed by atoms with van der Waals surface area (Å²) in [5.74, 6) is 0.130. The van der Waals surface area contributed by atoms with Gasteiger partial charge >= 0.3 is 0 Å². The van der Waals surface area contributed by atoms with Crippen molar-refractivity contribution >= 4 is 51.1 Å². The SMILES string of the molecule is C=CC(=O)N1CCN(c2nc(NCCN3CC(C)(F)C3)nc3c(F)c(-c4c(C)ccc5[nH]ncc45)c(Cl)cc23)CC1. The lowest BCUT2D eigenvalue weighted by Crippen LogP contribution is -2.57. The van der Waals surface area contributed by atoms with Crippen LogP contribution in [-0.2, 0) is 4.79 Å². The molecule has 0 spiro atoms. The molecule has 2 aromatic carbocycles. The molecule has 6 rings (SSSR count). The molecule has 0 aliphatic carbocycles. The third-order valence-electron chi connectivity index (χ3n) is 7.83. The maximum absolute atomic E-state index is 16.6. The second-order valence-corrected chi connectivity index (χ2v) is 11.4. The van der Waals surface area contributed by atoms with Crippen molar-refractivity contribution in [2.24, 2.45) is 0 Å². The standard InChI is InChI=1S/C29H31ClF2N8O/c1-4-22(41)39-9-11-40(12-10-39)27-18-13-20(30)24(23-17(2)5-6-21-19(23)14-34-37-21)25(31)26(18)35-28(36-27)33-7-8-38-15-29(3,32)16-38/h4-6,13-14H,1,7-12,15-16H2,2-3H3,(H,34,37)(H,33,35,36). The summed E-state index contributed by atoms with van der Waals surface area (Å²) < 4.78 is 30.5. The smallest absolute Gasteiger partial charge is 0.246 e. The molecule has 2 saturated heterocycles. The Kier molecular flexibility index (Phi) is 7.03. The molecule has 9 nitrogen and oxygen atoms in total. The van der Waals surface area contributed by atoms with Crippen molar-refractivity contribution in [1.82, 2.24) is 30.0 Å². The van der Waals surface area contributed by atoms with Crippen LogP contribution in [0.3, 0.4) is 0 Å². The Morgan fingerprint density at radius 3 is 2.66 bits per heavy atom. The number of aromatic amines is 1. The summed E-state index contributed by atoms with van der Waals surface area (Å²) in [6, 6.07) is 5.52. The van der Waals surface area contributed by atoms with E-state index < -0.39 is 11.5 Å². The first-order valence-electron chi connectivity index (χ1n) is 13.6. The van der Waals surface area contributed by atoms with Crippen LogP contribution in [0.5, 0.6) is 0 Å². The van der Waals surface area contributed by atoms with Gasteiger partial charge in [0.2, 0.25) is 11.9 Å². The lowest BCUT2D eigenvalue weighted by molar-refractivity contribution is -0.126. The molecular weight excluding hydrogens is 550 g/mol. The largest absolute Gasteiger partial charge is 0.353 e. The molecule has 12 heteroatoms. The van der Waals surface area contributed by atoms with E-state index in [1.165, 1.54) is 6.08 Å². The number of aryl methyl sites for hydroxylation is 1. The summed E-state index contributed by atoms with van der Waals surface area (Å²) in [5.41, 5.74) is 1.51. The average molecular weight is 581 g/mol. The number of amides is 1. The molecule has 2 fully saturated rings. The Morgan fingerprint density at radius 1 is 1.20 bits per heavy atom. The van der Waals surface area contributed by atoms with E-state index >= 15 is 4.39 Å². The predicted molar refractivity (Wildman–Crippen MR) is 158 cm³/mol. The topological polar surface area (TPSA) is 93.3 Å². The molecule has 2 aliphatic rings. The number of nitrogens with one attached hydrogen (secondary N) is 2. The summed E-state index contributed by atoms with van der Waals surface area (Å²) in [7, 11) is 0. The van der Waals surface area contributed by atoms with Crippen LogP contribution in [0.4, 0.5) is 20.5 Å². The summed E-state index contributed by atoms with van der Waals surface area (Å²) in [5, 5.41) is 11.8. The molecule has 4 heterocycles. The number of halogens is 3. The maximum Gasteiger partial charge on any atom is 0.246 e. The first-order chi connectivity index (χ1) is 19.6. The van der Waals surface area contributed by atoms with Gasteiger partial charge < -0.3 is 15.1 Å². The van der Waals surface area contributed by atoms with Crippen LogP contribution in [0.2, 0.25) is 5.02 Å². The van der Waals surface area contributed by atoms with Crippen molar-refractivity contribution in [3.63, 3.8) is 0 Å². The number of H-pyrrole nitrogens is 1. The van der Waals surface area contributed by atoms with Crippen LogP contribution in [0.15, 0.2) is 37.1 Å². The van der Waals surface area contributed by atoms with Gasteiger partial charge in [-0.15, -0.1) is 0 Å². The number of anilines is 2. The zero-order valence-electron chi connectivity index (χ0n) is 23.0. The van der Waals surface area contributed by atoms with E-state index in [9.17, 15) is 9.18 Å². The lowest BCUT2D eigenvalue weighted by atomic mass is 9.95. The minimum atomic E-state index is -1.16. The number of nitrogens with zero attached hydrogens (tertiary/aromatic N) is 6. The molecule has 0 bridgehead atoms. The number of alkyl halides is 1. The molecule has 214 valence electrons. The highest BCUT2D eigenvalue weighted by Gasteiger charge is 2.38. The monoisotopic (exact) mass is 580 g/mol. The second kappa shape index (κ2) is 10.5. The van der Waals surface area contributed by atoms with Crippen molar-refractivity contribution in [1.29, 1.82) is 0 Å². The Balaban J connectivity index is 1.41. The fourth-order valence-corrected chi connectivity index (χ4v) is 6.11. The number of piperazine rings is 1. The molecular formula is C29H31ClF2N8O. The van der Waals surface area contributed by atoms with Gasteiger partial charge in [-0.25, -0.2) is 13.8 Å². The van der Waals surface area contributed by atoms with E-state index in [1.807, 2.05) is 28.9 Å². The second-order valence-electron chi connectivity index (χ2n) is 11.0. The highest BCUT2D eigenvalue weighted by atomic mass is 35.5. The van der Waals surface area contributed by atoms with Gasteiger partial charge in [0.25, 0.3) is 0 Å². The Morgan fingerprint density at radius 2 is 1.95 bits per heavy atom. The van der Waals surface area contributed by atoms with Crippen molar-refractivity contribution in [3.8, 4) is 11.1 Å². The molecule has 0 radical (unpaired) electrons. The van der Waals surface area contributed by atoms with Crippen molar-refractivity contribution in [2.45, 2.75) is 19.5 Å². The molecule has 4 aromatic rings. The number of carbonyl (C=O) groups is 1. The zero-order valence-corrected chi connectivity index (χ0v) is 23.7. The van der Waals surface area contributed by atoms with E-state index in [4.69, 9.17) is 16.6 Å². The van der Waals surface area contributed by atoms with E-state index in [-0.39, 0.29) is 28.0 Å². The number of carbonyl (C=O) groups excluding carboxylic acids is 1. The minimum absolute atomic E-state index is 0.127. The highest BCUT2D eigenvalue weighted by molar-refractivity contribution is 6.35. The van der Waals surface area contributed by atoms with Crippen LogP contribution in [0, 0.1) is 12.7 Å². The third kappa shape index (κ3) is 5.08. The summed E-state index contributed by atoms with van der Waals surface area (Å²) in [4.78, 5) is 27.2. The molecule has 0 atom stereocenters. The van der Waals surface area contributed by atoms with Crippen LogP contribution in [0.25, 0.3) is 32.9 Å². The van der Waals surface area contributed by atoms with Crippen LogP contribution < -0.4 is 10.2 Å². The average Bonchev–Trinajstić information content (AvgIpc) is 3.42. The number of benzene rings is 2. The van der Waals surface area contributed by atoms with Crippen molar-refractivity contribution in [3.05, 3.63) is 53.5 Å². The number of likely N-dealkylation sites (tertiary alicyclic amines) is 1. The van der Waals surface area contributed by atoms with Gasteiger partial charge in [-0.2, -0.15) is 10.1 Å². The minimum Gasteiger partial charge on any atom is -0.353 e. The van der Waals surface area contributed by atoms with E-state index in [0.717, 1.165) is 16.5 Å². The van der Waals surface area contributed by atoms with E-state index in [0.29, 0.717) is 69.1 Å². The van der Waals surface area contributed by atoms with Crippen LogP contribution in [-0.4, -0.2) is 93.9 Å². The van der Waals surface area contributed by atoms with E-state index in [1.54, 1.807) is 24.1 Å². The number of aromatic nitrogens is 4. The molecule has 2 aromatic heterocycles. The van der Waals surface area contributed by atoms with Crippen LogP contribution in [0.1, 0.15) is 12.5 Å². The van der Waals surface area contributed by atoms with Gasteiger partial charge in [0.1, 0.15) is 17.0 Å². The van der Waals surface area contributed by atoms with Crippen molar-refractivity contribution < 1.29 is 13.6 Å². The number of rotatable bonds is 7. The Bertz CT molecular complexity index is 1660. The Labute approximate surface area is 241 Å². The third-order valence-corrected chi connectivity index (χ3v) is 8.13. The van der Waals surface area contributed by atoms with E-state index in [2.05, 4.69) is 27.1 Å². The summed E-state index contributed by atoms with van der Waals surface area (Å²) in [6.07, 6.45) is 2.97. The first-order valence-corrected chi connectivity index (χ1v) is 14.0. The predicted octanol–water partition coefficient (Wildman–Crippen LogP) is 4.56. The Hall–Kier alpha value is -3.83. The van der Waals surface area contributed by atoms with Gasteiger partial charge in [0, 0.05) is 74.3 Å². The van der Waals surface area contributed by atoms with Gasteiger partial charge in [0.05, 0.1) is 16.7 Å². The van der Waals surface area contributed by atoms with Crippen molar-refractivity contribution in [2.75, 3.05) is 62.6 Å². The fraction of sp³-hybridized carbons (Fsp3) is 0.379. The summed E-state index contributed by atoms with van der Waals surface area (Å²) in [6.45, 7) is 10.9. The fourth-order valence-electron chi connectivity index (χ4n) is 5.83. The van der Waals surface area contributed by atoms with Gasteiger partial charge in [0.15, 0.2) is 5.82 Å². The lowest BCUT2D eigenvalue weighted by Gasteiger charge is -2.42. The maximum atomic E-state index is 16.6. The molecule has 2 aliphatic heterocycles. The first kappa shape index (κ1) is 27.3. The molecule has 0 saturated carbocycles. The van der Waals surface area contributed by atoms with Gasteiger partial charge in [-0.05, 0) is 37.6 Å². The number of hydrogen-bond acceptors (Lipinski definition) is 7. The molecule has 0 unspecified atom stereocenters. The zero-order chi connectivity index (χ0) is 28.9. The number of fused-ring (bicyclic) bond motifs is 2. The quantitative estimate of drug-likeness (QED) is 0.310.